The molecule has 21 heavy (non-hydrogen) atoms. The Hall–Kier alpha value is -1.94. The Morgan fingerprint density at radius 1 is 1.00 bits per heavy atom. The third kappa shape index (κ3) is 4.02. The average molecular weight is 304 g/mol. The molecule has 0 aliphatic carbocycles. The molecule has 0 spiro atoms. The van der Waals surface area contributed by atoms with Crippen molar-refractivity contribution in [2.75, 3.05) is 0 Å². The van der Waals surface area contributed by atoms with E-state index in [0.717, 1.165) is 5.56 Å². The van der Waals surface area contributed by atoms with Crippen molar-refractivity contribution in [2.24, 2.45) is 0 Å². The zero-order valence-electron chi connectivity index (χ0n) is 12.3. The predicted molar refractivity (Wildman–Crippen MR) is 83.5 cm³/mol. The summed E-state index contributed by atoms with van der Waals surface area (Å²) in [7, 11) is 0. The molecule has 0 radical (unpaired) electrons. The van der Waals surface area contributed by atoms with Gasteiger partial charge in [-0.05, 0) is 36.1 Å². The lowest BCUT2D eigenvalue weighted by molar-refractivity contribution is 0.0934. The fourth-order valence-electron chi connectivity index (χ4n) is 1.96. The summed E-state index contributed by atoms with van der Waals surface area (Å²) in [6, 6.07) is 11.2. The molecule has 0 saturated heterocycles. The van der Waals surface area contributed by atoms with Crippen molar-refractivity contribution >= 4 is 17.5 Å². The first-order chi connectivity index (χ1) is 9.97. The van der Waals surface area contributed by atoms with Crippen LogP contribution in [0.25, 0.3) is 0 Å². The zero-order chi connectivity index (χ0) is 15.4. The molecule has 0 fully saturated rings. The molecule has 0 bridgehead atoms. The number of hydrogen-bond acceptors (Lipinski definition) is 3. The SMILES string of the molecule is CC(C)c1ccc(C(C)NC(=O)c2ccc(Cl)nn2)cc1. The lowest BCUT2D eigenvalue weighted by Crippen LogP contribution is -2.27. The Kier molecular flexibility index (Phi) is 4.91. The number of carbonyl (C=O) groups is 1. The molecule has 5 heteroatoms. The summed E-state index contributed by atoms with van der Waals surface area (Å²) < 4.78 is 0. The van der Waals surface area contributed by atoms with E-state index in [1.807, 2.05) is 19.1 Å². The molecule has 1 heterocycles. The van der Waals surface area contributed by atoms with E-state index in [9.17, 15) is 4.79 Å². The smallest absolute Gasteiger partial charge is 0.272 e. The Bertz CT molecular complexity index is 608. The van der Waals surface area contributed by atoms with Gasteiger partial charge in [0.25, 0.3) is 5.91 Å². The van der Waals surface area contributed by atoms with Gasteiger partial charge in [0.05, 0.1) is 6.04 Å². The highest BCUT2D eigenvalue weighted by molar-refractivity contribution is 6.29. The van der Waals surface area contributed by atoms with Crippen molar-refractivity contribution in [3.8, 4) is 0 Å². The fraction of sp³-hybridized carbons (Fsp3) is 0.312. The Labute approximate surface area is 129 Å². The fourth-order valence-corrected chi connectivity index (χ4v) is 2.06. The van der Waals surface area contributed by atoms with Crippen molar-refractivity contribution in [3.05, 3.63) is 58.4 Å². The van der Waals surface area contributed by atoms with E-state index >= 15 is 0 Å². The number of nitrogens with zero attached hydrogens (tertiary/aromatic N) is 2. The van der Waals surface area contributed by atoms with Crippen LogP contribution >= 0.6 is 11.6 Å². The minimum Gasteiger partial charge on any atom is -0.344 e. The number of amides is 1. The quantitative estimate of drug-likeness (QED) is 0.936. The summed E-state index contributed by atoms with van der Waals surface area (Å²) in [5, 5.41) is 10.6. The van der Waals surface area contributed by atoms with Crippen molar-refractivity contribution in [2.45, 2.75) is 32.7 Å². The van der Waals surface area contributed by atoms with Gasteiger partial charge < -0.3 is 5.32 Å². The van der Waals surface area contributed by atoms with Crippen LogP contribution in [0, 0.1) is 0 Å². The summed E-state index contributed by atoms with van der Waals surface area (Å²) in [5.41, 5.74) is 2.58. The summed E-state index contributed by atoms with van der Waals surface area (Å²) in [5.74, 6) is 0.230. The van der Waals surface area contributed by atoms with Gasteiger partial charge in [-0.3, -0.25) is 4.79 Å². The lowest BCUT2D eigenvalue weighted by Gasteiger charge is -2.15. The Morgan fingerprint density at radius 3 is 2.14 bits per heavy atom. The normalized spacial score (nSPS) is 12.2. The molecule has 1 atom stereocenters. The van der Waals surface area contributed by atoms with E-state index in [-0.39, 0.29) is 22.8 Å². The number of hydrogen-bond donors (Lipinski definition) is 1. The van der Waals surface area contributed by atoms with Crippen LogP contribution in [0.4, 0.5) is 0 Å². The van der Waals surface area contributed by atoms with E-state index in [2.05, 4.69) is 41.5 Å². The van der Waals surface area contributed by atoms with Crippen molar-refractivity contribution < 1.29 is 4.79 Å². The van der Waals surface area contributed by atoms with Gasteiger partial charge >= 0.3 is 0 Å². The molecule has 0 aliphatic heterocycles. The van der Waals surface area contributed by atoms with Gasteiger partial charge in [0.2, 0.25) is 0 Å². The van der Waals surface area contributed by atoms with Crippen LogP contribution in [-0.4, -0.2) is 16.1 Å². The zero-order valence-corrected chi connectivity index (χ0v) is 13.1. The first-order valence-electron chi connectivity index (χ1n) is 6.87. The summed E-state index contributed by atoms with van der Waals surface area (Å²) in [4.78, 5) is 12.1. The summed E-state index contributed by atoms with van der Waals surface area (Å²) >= 11 is 5.65. The molecule has 1 aromatic carbocycles. The van der Waals surface area contributed by atoms with Gasteiger partial charge in [-0.15, -0.1) is 10.2 Å². The molecule has 1 amide bonds. The molecule has 2 rings (SSSR count). The van der Waals surface area contributed by atoms with E-state index < -0.39 is 0 Å². The molecule has 0 saturated carbocycles. The molecule has 2 aromatic rings. The highest BCUT2D eigenvalue weighted by Crippen LogP contribution is 2.18. The maximum absolute atomic E-state index is 12.1. The monoisotopic (exact) mass is 303 g/mol. The summed E-state index contributed by atoms with van der Waals surface area (Å²) in [6.45, 7) is 6.24. The molecular formula is C16H18ClN3O. The van der Waals surface area contributed by atoms with Crippen molar-refractivity contribution in [1.82, 2.24) is 15.5 Å². The maximum atomic E-state index is 12.1. The second-order valence-electron chi connectivity index (χ2n) is 5.26. The average Bonchev–Trinajstić information content (AvgIpc) is 2.47. The third-order valence-corrected chi connectivity index (χ3v) is 3.52. The molecule has 1 unspecified atom stereocenters. The van der Waals surface area contributed by atoms with Crippen LogP contribution in [0.2, 0.25) is 5.15 Å². The van der Waals surface area contributed by atoms with E-state index in [4.69, 9.17) is 11.6 Å². The molecule has 1 aromatic heterocycles. The van der Waals surface area contributed by atoms with Crippen LogP contribution in [0.15, 0.2) is 36.4 Å². The van der Waals surface area contributed by atoms with Gasteiger partial charge in [0.15, 0.2) is 10.8 Å². The predicted octanol–water partition coefficient (Wildman–Crippen LogP) is 3.74. The van der Waals surface area contributed by atoms with E-state index in [0.29, 0.717) is 5.92 Å². The van der Waals surface area contributed by atoms with Gasteiger partial charge in [-0.2, -0.15) is 0 Å². The van der Waals surface area contributed by atoms with Crippen molar-refractivity contribution in [3.63, 3.8) is 0 Å². The summed E-state index contributed by atoms with van der Waals surface area (Å²) in [6.07, 6.45) is 0. The van der Waals surface area contributed by atoms with Crippen LogP contribution in [0.5, 0.6) is 0 Å². The lowest BCUT2D eigenvalue weighted by atomic mass is 9.99. The second kappa shape index (κ2) is 6.68. The number of carbonyl (C=O) groups excluding carboxylic acids is 1. The molecule has 0 aliphatic rings. The first-order valence-corrected chi connectivity index (χ1v) is 7.25. The van der Waals surface area contributed by atoms with Crippen LogP contribution < -0.4 is 5.32 Å². The number of nitrogens with one attached hydrogen (secondary N) is 1. The maximum Gasteiger partial charge on any atom is 0.272 e. The largest absolute Gasteiger partial charge is 0.344 e. The van der Waals surface area contributed by atoms with Crippen LogP contribution in [-0.2, 0) is 0 Å². The Balaban J connectivity index is 2.05. The van der Waals surface area contributed by atoms with Crippen LogP contribution in [0.1, 0.15) is 54.3 Å². The van der Waals surface area contributed by atoms with Gasteiger partial charge in [-0.1, -0.05) is 49.7 Å². The van der Waals surface area contributed by atoms with Gasteiger partial charge in [0, 0.05) is 0 Å². The second-order valence-corrected chi connectivity index (χ2v) is 5.65. The first kappa shape index (κ1) is 15.4. The number of rotatable bonds is 4. The van der Waals surface area contributed by atoms with Gasteiger partial charge in [-0.25, -0.2) is 0 Å². The minimum atomic E-state index is -0.264. The third-order valence-electron chi connectivity index (χ3n) is 3.32. The van der Waals surface area contributed by atoms with E-state index in [1.165, 1.54) is 5.56 Å². The van der Waals surface area contributed by atoms with E-state index in [1.54, 1.807) is 12.1 Å². The van der Waals surface area contributed by atoms with Crippen molar-refractivity contribution in [1.29, 1.82) is 0 Å². The highest BCUT2D eigenvalue weighted by Gasteiger charge is 2.13. The molecule has 1 N–H and O–H groups in total. The number of halogens is 1. The Morgan fingerprint density at radius 2 is 1.62 bits per heavy atom. The molecular weight excluding hydrogens is 286 g/mol. The molecule has 4 nitrogen and oxygen atoms in total. The molecule has 110 valence electrons. The topological polar surface area (TPSA) is 54.9 Å². The standard InChI is InChI=1S/C16H18ClN3O/c1-10(2)12-4-6-13(7-5-12)11(3)18-16(21)14-8-9-15(17)20-19-14/h4-11H,1-3H3,(H,18,21). The highest BCUT2D eigenvalue weighted by atomic mass is 35.5. The van der Waals surface area contributed by atoms with Crippen LogP contribution in [0.3, 0.4) is 0 Å². The minimum absolute atomic E-state index is 0.101. The number of aromatic nitrogens is 2. The number of benzene rings is 1. The van der Waals surface area contributed by atoms with Gasteiger partial charge in [0.1, 0.15) is 0 Å².